The van der Waals surface area contributed by atoms with Crippen molar-refractivity contribution in [3.63, 3.8) is 0 Å². The molecule has 0 aliphatic rings. The Hall–Kier alpha value is -2.97. The second-order valence-corrected chi connectivity index (χ2v) is 5.76. The number of hydrogen-bond donors (Lipinski definition) is 2. The summed E-state index contributed by atoms with van der Waals surface area (Å²) in [5.41, 5.74) is 0.0835. The molecule has 1 aromatic heterocycles. The molecule has 134 valence electrons. The molecule has 2 amide bonds. The van der Waals surface area contributed by atoms with Gasteiger partial charge in [0, 0.05) is 13.1 Å². The van der Waals surface area contributed by atoms with Gasteiger partial charge in [-0.2, -0.15) is 0 Å². The first-order valence-electron chi connectivity index (χ1n) is 7.70. The van der Waals surface area contributed by atoms with Crippen LogP contribution in [0.3, 0.4) is 0 Å². The molecule has 8 nitrogen and oxygen atoms in total. The van der Waals surface area contributed by atoms with E-state index in [2.05, 4.69) is 20.8 Å². The number of benzene rings is 1. The number of aromatic nitrogens is 3. The van der Waals surface area contributed by atoms with Gasteiger partial charge in [0.15, 0.2) is 5.82 Å². The van der Waals surface area contributed by atoms with E-state index in [9.17, 15) is 14.0 Å². The topological polar surface area (TPSA) is 98.1 Å². The van der Waals surface area contributed by atoms with Crippen molar-refractivity contribution < 1.29 is 18.7 Å². The Labute approximate surface area is 144 Å². The zero-order valence-electron chi connectivity index (χ0n) is 14.4. The maximum absolute atomic E-state index is 13.5. The third-order valence-corrected chi connectivity index (χ3v) is 3.24. The zero-order valence-corrected chi connectivity index (χ0v) is 14.4. The highest BCUT2D eigenvalue weighted by Gasteiger charge is 2.21. The molecule has 0 aliphatic heterocycles. The normalized spacial score (nSPS) is 11.9. The molecule has 2 rings (SSSR count). The van der Waals surface area contributed by atoms with Crippen LogP contribution in [0.2, 0.25) is 0 Å². The van der Waals surface area contributed by atoms with Crippen molar-refractivity contribution in [3.05, 3.63) is 36.2 Å². The van der Waals surface area contributed by atoms with Crippen LogP contribution in [-0.4, -0.2) is 32.7 Å². The summed E-state index contributed by atoms with van der Waals surface area (Å²) in [5.74, 6) is -1.60. The van der Waals surface area contributed by atoms with Gasteiger partial charge in [-0.25, -0.2) is 4.39 Å². The number of nitrogens with one attached hydrogen (secondary N) is 2. The highest BCUT2D eigenvalue weighted by atomic mass is 19.1. The van der Waals surface area contributed by atoms with Crippen LogP contribution in [-0.2, 0) is 16.6 Å². The van der Waals surface area contributed by atoms with Gasteiger partial charge in [0.1, 0.15) is 17.9 Å². The Morgan fingerprint density at radius 1 is 1.24 bits per heavy atom. The lowest BCUT2D eigenvalue weighted by Crippen LogP contribution is -2.37. The van der Waals surface area contributed by atoms with E-state index in [0.717, 1.165) is 6.07 Å². The summed E-state index contributed by atoms with van der Waals surface area (Å²) in [7, 11) is 1.72. The predicted molar refractivity (Wildman–Crippen MR) is 88.4 cm³/mol. The molecule has 0 spiro atoms. The number of rotatable bonds is 5. The van der Waals surface area contributed by atoms with Crippen LogP contribution in [0, 0.1) is 5.82 Å². The molecule has 0 saturated carbocycles. The minimum Gasteiger partial charge on any atom is -0.489 e. The van der Waals surface area contributed by atoms with E-state index in [0.29, 0.717) is 5.82 Å². The molecule has 25 heavy (non-hydrogen) atoms. The Bertz CT molecular complexity index is 775. The third-order valence-electron chi connectivity index (χ3n) is 3.24. The van der Waals surface area contributed by atoms with Crippen molar-refractivity contribution in [2.75, 3.05) is 5.32 Å². The first kappa shape index (κ1) is 18.4. The van der Waals surface area contributed by atoms with E-state index in [-0.39, 0.29) is 17.5 Å². The monoisotopic (exact) mass is 349 g/mol. The molecule has 1 aromatic carbocycles. The van der Waals surface area contributed by atoms with Gasteiger partial charge in [-0.1, -0.05) is 0 Å². The summed E-state index contributed by atoms with van der Waals surface area (Å²) in [6, 6.07) is 3.17. The fourth-order valence-electron chi connectivity index (χ4n) is 2.15. The number of hydrogen-bond acceptors (Lipinski definition) is 5. The number of anilines is 1. The van der Waals surface area contributed by atoms with Crippen LogP contribution in [0.15, 0.2) is 24.5 Å². The number of carbonyl (C=O) groups excluding carboxylic acids is 2. The lowest BCUT2D eigenvalue weighted by Gasteiger charge is -2.16. The minimum absolute atomic E-state index is 0.0835. The van der Waals surface area contributed by atoms with Gasteiger partial charge in [-0.05, 0) is 32.9 Å². The second-order valence-electron chi connectivity index (χ2n) is 5.76. The molecule has 0 bridgehead atoms. The lowest BCUT2D eigenvalue weighted by molar-refractivity contribution is -0.136. The van der Waals surface area contributed by atoms with Crippen molar-refractivity contribution in [1.29, 1.82) is 0 Å². The number of halogens is 1. The molecule has 0 unspecified atom stereocenters. The van der Waals surface area contributed by atoms with Crippen LogP contribution < -0.4 is 15.4 Å². The highest BCUT2D eigenvalue weighted by molar-refractivity contribution is 6.39. The van der Waals surface area contributed by atoms with E-state index in [1.54, 1.807) is 32.4 Å². The van der Waals surface area contributed by atoms with Crippen LogP contribution in [0.25, 0.3) is 0 Å². The fourth-order valence-corrected chi connectivity index (χ4v) is 2.15. The van der Waals surface area contributed by atoms with Gasteiger partial charge in [0.05, 0.1) is 17.8 Å². The molecule has 2 N–H and O–H groups in total. The summed E-state index contributed by atoms with van der Waals surface area (Å²) in [6.45, 7) is 5.26. The molecule has 1 heterocycles. The van der Waals surface area contributed by atoms with Gasteiger partial charge in [-0.3, -0.25) is 9.59 Å². The van der Waals surface area contributed by atoms with Gasteiger partial charge in [0.25, 0.3) is 0 Å². The fraction of sp³-hybridized carbons (Fsp3) is 0.375. The van der Waals surface area contributed by atoms with Crippen molar-refractivity contribution in [3.8, 4) is 5.75 Å². The van der Waals surface area contributed by atoms with E-state index >= 15 is 0 Å². The number of carbonyl (C=O) groups is 2. The summed E-state index contributed by atoms with van der Waals surface area (Å²) in [4.78, 5) is 24.2. The number of amides is 2. The highest BCUT2D eigenvalue weighted by Crippen LogP contribution is 2.26. The van der Waals surface area contributed by atoms with Gasteiger partial charge in [0.2, 0.25) is 0 Å². The average molecular weight is 349 g/mol. The van der Waals surface area contributed by atoms with Gasteiger partial charge < -0.3 is 19.9 Å². The van der Waals surface area contributed by atoms with Crippen molar-refractivity contribution >= 4 is 17.5 Å². The molecule has 2 aromatic rings. The predicted octanol–water partition coefficient (Wildman–Crippen LogP) is 1.56. The third kappa shape index (κ3) is 4.75. The molecular formula is C16H20FN5O3. The molecular weight excluding hydrogens is 329 g/mol. The quantitative estimate of drug-likeness (QED) is 0.798. The Kier molecular flexibility index (Phi) is 5.68. The van der Waals surface area contributed by atoms with Gasteiger partial charge >= 0.3 is 11.8 Å². The SMILES string of the molecule is CC(C)Oc1ccc(F)cc1NC(=O)C(=O)N[C@@H](C)c1nncn1C. The largest absolute Gasteiger partial charge is 0.489 e. The smallest absolute Gasteiger partial charge is 0.313 e. The molecule has 0 fully saturated rings. The van der Waals surface area contributed by atoms with Crippen LogP contribution in [0.5, 0.6) is 5.75 Å². The van der Waals surface area contributed by atoms with E-state index in [4.69, 9.17) is 4.74 Å². The molecule has 1 atom stereocenters. The summed E-state index contributed by atoms with van der Waals surface area (Å²) in [6.07, 6.45) is 1.31. The maximum Gasteiger partial charge on any atom is 0.313 e. The van der Waals surface area contributed by atoms with Crippen LogP contribution in [0.1, 0.15) is 32.6 Å². The van der Waals surface area contributed by atoms with Crippen molar-refractivity contribution in [2.24, 2.45) is 7.05 Å². The number of nitrogens with zero attached hydrogens (tertiary/aromatic N) is 3. The zero-order chi connectivity index (χ0) is 18.6. The Morgan fingerprint density at radius 2 is 1.96 bits per heavy atom. The molecule has 0 saturated heterocycles. The van der Waals surface area contributed by atoms with Gasteiger partial charge in [-0.15, -0.1) is 10.2 Å². The molecule has 9 heteroatoms. The lowest BCUT2D eigenvalue weighted by atomic mass is 10.2. The Balaban J connectivity index is 2.07. The minimum atomic E-state index is -0.937. The van der Waals surface area contributed by atoms with Crippen LogP contribution in [0.4, 0.5) is 10.1 Å². The summed E-state index contributed by atoms with van der Waals surface area (Å²) >= 11 is 0. The maximum atomic E-state index is 13.5. The summed E-state index contributed by atoms with van der Waals surface area (Å²) in [5, 5.41) is 12.5. The standard InChI is InChI=1S/C16H20FN5O3/c1-9(2)25-13-6-5-11(17)7-12(13)20-16(24)15(23)19-10(3)14-21-18-8-22(14)4/h5-10H,1-4H3,(H,19,23)(H,20,24)/t10-/m0/s1. The number of aryl methyl sites for hydroxylation is 1. The first-order chi connectivity index (χ1) is 11.8. The molecule has 0 aliphatic carbocycles. The number of ether oxygens (including phenoxy) is 1. The van der Waals surface area contributed by atoms with E-state index < -0.39 is 23.7 Å². The van der Waals surface area contributed by atoms with Crippen molar-refractivity contribution in [1.82, 2.24) is 20.1 Å². The molecule has 0 radical (unpaired) electrons. The summed E-state index contributed by atoms with van der Waals surface area (Å²) < 4.78 is 20.6. The van der Waals surface area contributed by atoms with Crippen LogP contribution >= 0.6 is 0 Å². The van der Waals surface area contributed by atoms with Crippen molar-refractivity contribution in [2.45, 2.75) is 32.9 Å². The second kappa shape index (κ2) is 7.73. The van der Waals surface area contributed by atoms with E-state index in [1.807, 2.05) is 0 Å². The Morgan fingerprint density at radius 3 is 2.56 bits per heavy atom. The first-order valence-corrected chi connectivity index (χ1v) is 7.70. The average Bonchev–Trinajstić information content (AvgIpc) is 2.95. The van der Waals surface area contributed by atoms with E-state index in [1.165, 1.54) is 18.5 Å².